The predicted octanol–water partition coefficient (Wildman–Crippen LogP) is 2.18. The molecule has 1 rings (SSSR count). The molecule has 1 fully saturated rings. The summed E-state index contributed by atoms with van der Waals surface area (Å²) in [7, 11) is 0. The van der Waals surface area contributed by atoms with Crippen LogP contribution in [0.5, 0.6) is 0 Å². The van der Waals surface area contributed by atoms with Gasteiger partial charge in [0, 0.05) is 19.5 Å². The van der Waals surface area contributed by atoms with Crippen molar-refractivity contribution in [3.05, 3.63) is 0 Å². The van der Waals surface area contributed by atoms with Crippen LogP contribution in [0, 0.1) is 17.8 Å². The zero-order valence-electron chi connectivity index (χ0n) is 8.03. The summed E-state index contributed by atoms with van der Waals surface area (Å²) in [5.74, 6) is 2.64. The van der Waals surface area contributed by atoms with Gasteiger partial charge >= 0.3 is 0 Å². The maximum absolute atomic E-state index is 5.16. The molecule has 0 amide bonds. The van der Waals surface area contributed by atoms with E-state index in [1.807, 2.05) is 0 Å². The lowest BCUT2D eigenvalue weighted by Gasteiger charge is -2.13. The van der Waals surface area contributed by atoms with Crippen LogP contribution in [-0.2, 0) is 0 Å². The summed E-state index contributed by atoms with van der Waals surface area (Å²) in [6.45, 7) is 4.44. The van der Waals surface area contributed by atoms with Crippen molar-refractivity contribution in [2.24, 2.45) is 5.41 Å². The first kappa shape index (κ1) is 9.61. The summed E-state index contributed by atoms with van der Waals surface area (Å²) in [6, 6.07) is 0. The molecule has 0 unspecified atom stereocenters. The lowest BCUT2D eigenvalue weighted by atomic mass is 10.0. The molecule has 1 aliphatic carbocycles. The van der Waals surface area contributed by atoms with Crippen LogP contribution in [0.15, 0.2) is 0 Å². The maximum atomic E-state index is 5.16. The average Bonchev–Trinajstić information content (AvgIpc) is 2.81. The molecule has 68 valence electrons. The van der Waals surface area contributed by atoms with Crippen molar-refractivity contribution in [3.8, 4) is 12.3 Å². The molecular formula is C11H19N. The highest BCUT2D eigenvalue weighted by molar-refractivity contribution is 4.94. The lowest BCUT2D eigenvalue weighted by Crippen LogP contribution is -2.24. The van der Waals surface area contributed by atoms with Gasteiger partial charge in [-0.1, -0.05) is 13.3 Å². The van der Waals surface area contributed by atoms with Crippen molar-refractivity contribution < 1.29 is 0 Å². The minimum absolute atomic E-state index is 0.670. The summed E-state index contributed by atoms with van der Waals surface area (Å²) in [5, 5.41) is 3.43. The molecule has 12 heavy (non-hydrogen) atoms. The fourth-order valence-corrected chi connectivity index (χ4v) is 1.74. The second-order valence-corrected chi connectivity index (χ2v) is 3.88. The van der Waals surface area contributed by atoms with E-state index in [1.54, 1.807) is 0 Å². The SMILES string of the molecule is C#CCCNCC1(CCC)CC1. The second-order valence-electron chi connectivity index (χ2n) is 3.88. The Morgan fingerprint density at radius 3 is 2.75 bits per heavy atom. The van der Waals surface area contributed by atoms with E-state index in [4.69, 9.17) is 6.42 Å². The van der Waals surface area contributed by atoms with Gasteiger partial charge in [-0.15, -0.1) is 12.3 Å². The van der Waals surface area contributed by atoms with Gasteiger partial charge in [0.05, 0.1) is 0 Å². The predicted molar refractivity (Wildman–Crippen MR) is 52.9 cm³/mol. The Morgan fingerprint density at radius 1 is 1.50 bits per heavy atom. The Kier molecular flexibility index (Phi) is 3.62. The van der Waals surface area contributed by atoms with Gasteiger partial charge in [-0.25, -0.2) is 0 Å². The zero-order chi connectivity index (χ0) is 8.86. The molecule has 1 aliphatic rings. The van der Waals surface area contributed by atoms with Gasteiger partial charge in [0.15, 0.2) is 0 Å². The summed E-state index contributed by atoms with van der Waals surface area (Å²) >= 11 is 0. The van der Waals surface area contributed by atoms with Crippen LogP contribution < -0.4 is 5.32 Å². The monoisotopic (exact) mass is 165 g/mol. The van der Waals surface area contributed by atoms with Crippen LogP contribution in [0.4, 0.5) is 0 Å². The summed E-state index contributed by atoms with van der Waals surface area (Å²) < 4.78 is 0. The van der Waals surface area contributed by atoms with Gasteiger partial charge in [-0.05, 0) is 24.7 Å². The highest BCUT2D eigenvalue weighted by Crippen LogP contribution is 2.48. The second kappa shape index (κ2) is 4.52. The van der Waals surface area contributed by atoms with Crippen molar-refractivity contribution in [2.75, 3.05) is 13.1 Å². The molecule has 0 spiro atoms. The summed E-state index contributed by atoms with van der Waals surface area (Å²) in [6.07, 6.45) is 11.6. The standard InChI is InChI=1S/C11H19N/c1-3-5-9-12-10-11(6-4-2)7-8-11/h1,12H,4-10H2,2H3. The smallest absolute Gasteiger partial charge is 0.0211 e. The fraction of sp³-hybridized carbons (Fsp3) is 0.818. The third-order valence-corrected chi connectivity index (χ3v) is 2.68. The van der Waals surface area contributed by atoms with E-state index in [9.17, 15) is 0 Å². The van der Waals surface area contributed by atoms with E-state index in [0.29, 0.717) is 5.41 Å². The molecular weight excluding hydrogens is 146 g/mol. The number of hydrogen-bond acceptors (Lipinski definition) is 1. The Morgan fingerprint density at radius 2 is 2.25 bits per heavy atom. The minimum atomic E-state index is 0.670. The van der Waals surface area contributed by atoms with Crippen molar-refractivity contribution in [3.63, 3.8) is 0 Å². The van der Waals surface area contributed by atoms with Crippen molar-refractivity contribution >= 4 is 0 Å². The van der Waals surface area contributed by atoms with Crippen LogP contribution >= 0.6 is 0 Å². The third kappa shape index (κ3) is 2.87. The Hall–Kier alpha value is -0.480. The van der Waals surface area contributed by atoms with Gasteiger partial charge in [0.25, 0.3) is 0 Å². The summed E-state index contributed by atoms with van der Waals surface area (Å²) in [4.78, 5) is 0. The molecule has 1 N–H and O–H groups in total. The van der Waals surface area contributed by atoms with Crippen LogP contribution in [0.25, 0.3) is 0 Å². The normalized spacial score (nSPS) is 18.7. The largest absolute Gasteiger partial charge is 0.315 e. The maximum Gasteiger partial charge on any atom is 0.0211 e. The molecule has 0 aromatic heterocycles. The van der Waals surface area contributed by atoms with Crippen LogP contribution in [0.1, 0.15) is 39.0 Å². The first-order valence-electron chi connectivity index (χ1n) is 4.97. The highest BCUT2D eigenvalue weighted by atomic mass is 14.9. The average molecular weight is 165 g/mol. The molecule has 0 aromatic carbocycles. The van der Waals surface area contributed by atoms with Crippen LogP contribution in [0.3, 0.4) is 0 Å². The molecule has 1 heteroatoms. The first-order chi connectivity index (χ1) is 5.83. The zero-order valence-corrected chi connectivity index (χ0v) is 8.03. The summed E-state index contributed by atoms with van der Waals surface area (Å²) in [5.41, 5.74) is 0.670. The Labute approximate surface area is 75.9 Å². The molecule has 0 aliphatic heterocycles. The van der Waals surface area contributed by atoms with Crippen LogP contribution in [0.2, 0.25) is 0 Å². The van der Waals surface area contributed by atoms with Gasteiger partial charge in [-0.3, -0.25) is 0 Å². The van der Waals surface area contributed by atoms with E-state index >= 15 is 0 Å². The van der Waals surface area contributed by atoms with Crippen LogP contribution in [-0.4, -0.2) is 13.1 Å². The van der Waals surface area contributed by atoms with Gasteiger partial charge in [0.1, 0.15) is 0 Å². The van der Waals surface area contributed by atoms with Gasteiger partial charge < -0.3 is 5.32 Å². The Bertz CT molecular complexity index is 162. The number of rotatable bonds is 6. The van der Waals surface area contributed by atoms with Crippen molar-refractivity contribution in [1.29, 1.82) is 0 Å². The molecule has 1 saturated carbocycles. The molecule has 0 radical (unpaired) electrons. The highest BCUT2D eigenvalue weighted by Gasteiger charge is 2.40. The fourth-order valence-electron chi connectivity index (χ4n) is 1.74. The van der Waals surface area contributed by atoms with E-state index in [1.165, 1.54) is 32.2 Å². The molecule has 0 atom stereocenters. The van der Waals surface area contributed by atoms with Crippen molar-refractivity contribution in [1.82, 2.24) is 5.32 Å². The van der Waals surface area contributed by atoms with E-state index in [2.05, 4.69) is 18.2 Å². The van der Waals surface area contributed by atoms with E-state index in [0.717, 1.165) is 13.0 Å². The van der Waals surface area contributed by atoms with Gasteiger partial charge in [0.2, 0.25) is 0 Å². The first-order valence-corrected chi connectivity index (χ1v) is 4.97. The molecule has 0 aromatic rings. The number of terminal acetylenes is 1. The molecule has 0 bridgehead atoms. The van der Waals surface area contributed by atoms with E-state index < -0.39 is 0 Å². The van der Waals surface area contributed by atoms with E-state index in [-0.39, 0.29) is 0 Å². The number of hydrogen-bond donors (Lipinski definition) is 1. The molecule has 1 nitrogen and oxygen atoms in total. The lowest BCUT2D eigenvalue weighted by molar-refractivity contribution is 0.424. The van der Waals surface area contributed by atoms with Crippen molar-refractivity contribution in [2.45, 2.75) is 39.0 Å². The number of nitrogens with one attached hydrogen (secondary N) is 1. The molecule has 0 heterocycles. The molecule has 0 saturated heterocycles. The Balaban J connectivity index is 2.03. The topological polar surface area (TPSA) is 12.0 Å². The quantitative estimate of drug-likeness (QED) is 0.470. The van der Waals surface area contributed by atoms with Gasteiger partial charge in [-0.2, -0.15) is 0 Å². The minimum Gasteiger partial charge on any atom is -0.315 e. The third-order valence-electron chi connectivity index (χ3n) is 2.68.